The number of rotatable bonds is 3. The van der Waals surface area contributed by atoms with E-state index in [1.165, 1.54) is 10.4 Å². The maximum Gasteiger partial charge on any atom is 0.133 e. The van der Waals surface area contributed by atoms with Gasteiger partial charge in [0.05, 0.1) is 10.6 Å². The van der Waals surface area contributed by atoms with E-state index in [-0.39, 0.29) is 0 Å². The van der Waals surface area contributed by atoms with Gasteiger partial charge in [0.2, 0.25) is 0 Å². The lowest BCUT2D eigenvalue weighted by Crippen LogP contribution is -2.02. The van der Waals surface area contributed by atoms with E-state index in [0.29, 0.717) is 6.54 Å². The van der Waals surface area contributed by atoms with Crippen LogP contribution in [-0.2, 0) is 6.42 Å². The van der Waals surface area contributed by atoms with Gasteiger partial charge in [-0.15, -0.1) is 22.7 Å². The molecule has 0 unspecified atom stereocenters. The molecular weight excluding hydrogens is 212 g/mol. The molecule has 0 spiro atoms. The van der Waals surface area contributed by atoms with Crippen LogP contribution in [0.25, 0.3) is 9.88 Å². The number of thiazole rings is 1. The monoisotopic (exact) mass is 224 g/mol. The lowest BCUT2D eigenvalue weighted by Gasteiger charge is -1.92. The van der Waals surface area contributed by atoms with Gasteiger partial charge in [-0.05, 0) is 30.5 Å². The van der Waals surface area contributed by atoms with Crippen molar-refractivity contribution < 1.29 is 0 Å². The Morgan fingerprint density at radius 3 is 2.93 bits per heavy atom. The molecule has 2 rings (SSSR count). The molecule has 0 aromatic carbocycles. The Hall–Kier alpha value is -0.710. The summed E-state index contributed by atoms with van der Waals surface area (Å²) in [6.07, 6.45) is 0.876. The van der Waals surface area contributed by atoms with Crippen molar-refractivity contribution in [2.24, 2.45) is 5.73 Å². The van der Waals surface area contributed by atoms with Gasteiger partial charge in [0.1, 0.15) is 5.01 Å². The third-order valence-electron chi connectivity index (χ3n) is 2.01. The molecule has 2 N–H and O–H groups in total. The highest BCUT2D eigenvalue weighted by molar-refractivity contribution is 7.20. The summed E-state index contributed by atoms with van der Waals surface area (Å²) in [5, 5.41) is 5.33. The van der Waals surface area contributed by atoms with Crippen molar-refractivity contribution in [3.63, 3.8) is 0 Å². The molecule has 0 amide bonds. The number of thiophene rings is 1. The largest absolute Gasteiger partial charge is 0.330 e. The molecule has 4 heteroatoms. The summed E-state index contributed by atoms with van der Waals surface area (Å²) in [4.78, 5) is 5.84. The first-order chi connectivity index (χ1) is 6.81. The first-order valence-electron chi connectivity index (χ1n) is 4.50. The molecule has 0 aliphatic rings. The zero-order valence-electron chi connectivity index (χ0n) is 7.99. The van der Waals surface area contributed by atoms with E-state index in [1.54, 1.807) is 22.7 Å². The molecule has 0 saturated heterocycles. The molecule has 0 fully saturated rings. The molecule has 14 heavy (non-hydrogen) atoms. The molecule has 0 atom stereocenters. The molecule has 0 aliphatic heterocycles. The fourth-order valence-corrected chi connectivity index (χ4v) is 3.22. The lowest BCUT2D eigenvalue weighted by atomic mass is 10.3. The number of nitrogens with two attached hydrogens (primary N) is 1. The van der Waals surface area contributed by atoms with Gasteiger partial charge in [0.25, 0.3) is 0 Å². The Morgan fingerprint density at radius 1 is 1.43 bits per heavy atom. The predicted octanol–water partition coefficient (Wildman–Crippen LogP) is 2.68. The minimum atomic E-state index is 0.673. The second-order valence-electron chi connectivity index (χ2n) is 3.12. The van der Waals surface area contributed by atoms with Crippen molar-refractivity contribution in [2.75, 3.05) is 6.54 Å². The number of hydrogen-bond acceptors (Lipinski definition) is 4. The zero-order chi connectivity index (χ0) is 9.97. The Balaban J connectivity index is 2.29. The van der Waals surface area contributed by atoms with Gasteiger partial charge in [-0.2, -0.15) is 0 Å². The van der Waals surface area contributed by atoms with Crippen LogP contribution < -0.4 is 5.73 Å². The Bertz CT molecular complexity index is 417. The van der Waals surface area contributed by atoms with Crippen LogP contribution in [0.15, 0.2) is 16.8 Å². The highest BCUT2D eigenvalue weighted by Crippen LogP contribution is 2.31. The van der Waals surface area contributed by atoms with Gasteiger partial charge in [-0.1, -0.05) is 0 Å². The van der Waals surface area contributed by atoms with Gasteiger partial charge in [-0.25, -0.2) is 4.98 Å². The van der Waals surface area contributed by atoms with E-state index < -0.39 is 0 Å². The fourth-order valence-electron chi connectivity index (χ4n) is 1.27. The van der Waals surface area contributed by atoms with E-state index >= 15 is 0 Å². The van der Waals surface area contributed by atoms with Crippen LogP contribution in [0, 0.1) is 6.92 Å². The average molecular weight is 224 g/mol. The van der Waals surface area contributed by atoms with Crippen molar-refractivity contribution in [3.8, 4) is 9.88 Å². The Morgan fingerprint density at radius 2 is 2.29 bits per heavy atom. The topological polar surface area (TPSA) is 38.9 Å². The molecular formula is C10H12N2S2. The van der Waals surface area contributed by atoms with Crippen molar-refractivity contribution in [1.29, 1.82) is 0 Å². The second-order valence-corrected chi connectivity index (χ2v) is 4.89. The van der Waals surface area contributed by atoms with Gasteiger partial charge in [0, 0.05) is 11.8 Å². The molecule has 2 aromatic rings. The van der Waals surface area contributed by atoms with Crippen LogP contribution >= 0.6 is 22.7 Å². The van der Waals surface area contributed by atoms with Crippen LogP contribution in [0.2, 0.25) is 0 Å². The lowest BCUT2D eigenvalue weighted by molar-refractivity contribution is 0.937. The van der Waals surface area contributed by atoms with Crippen molar-refractivity contribution in [1.82, 2.24) is 4.98 Å². The van der Waals surface area contributed by atoms with E-state index in [0.717, 1.165) is 17.1 Å². The minimum absolute atomic E-state index is 0.673. The van der Waals surface area contributed by atoms with Crippen LogP contribution in [0.3, 0.4) is 0 Å². The van der Waals surface area contributed by atoms with E-state index in [4.69, 9.17) is 5.73 Å². The normalized spacial score (nSPS) is 10.7. The highest BCUT2D eigenvalue weighted by Gasteiger charge is 2.07. The first-order valence-corrected chi connectivity index (χ1v) is 6.26. The maximum atomic E-state index is 5.49. The van der Waals surface area contributed by atoms with Crippen LogP contribution in [-0.4, -0.2) is 11.5 Å². The van der Waals surface area contributed by atoms with Crippen LogP contribution in [0.1, 0.15) is 11.3 Å². The number of nitrogens with zero attached hydrogens (tertiary/aromatic N) is 1. The molecule has 0 aliphatic carbocycles. The quantitative estimate of drug-likeness (QED) is 0.870. The van der Waals surface area contributed by atoms with Gasteiger partial charge < -0.3 is 5.73 Å². The molecule has 0 radical (unpaired) electrons. The summed E-state index contributed by atoms with van der Waals surface area (Å²) in [6.45, 7) is 2.79. The first kappa shape index (κ1) is 9.83. The summed E-state index contributed by atoms with van der Waals surface area (Å²) < 4.78 is 0. The number of aromatic nitrogens is 1. The standard InChI is InChI=1S/C10H12N2S2/c1-7-3-5-13-9(7)10-12-8(2-4-11)6-14-10/h3,5-6H,2,4,11H2,1H3. The van der Waals surface area contributed by atoms with Crippen molar-refractivity contribution in [2.45, 2.75) is 13.3 Å². The summed E-state index contributed by atoms with van der Waals surface area (Å²) in [5.74, 6) is 0. The SMILES string of the molecule is Cc1ccsc1-c1nc(CCN)cs1. The molecule has 0 saturated carbocycles. The third-order valence-corrected chi connectivity index (χ3v) is 4.07. The fraction of sp³-hybridized carbons (Fsp3) is 0.300. The van der Waals surface area contributed by atoms with Crippen molar-refractivity contribution >= 4 is 22.7 Å². The van der Waals surface area contributed by atoms with Crippen molar-refractivity contribution in [3.05, 3.63) is 28.1 Å². The maximum absolute atomic E-state index is 5.49. The number of aryl methyl sites for hydroxylation is 1. The molecule has 2 heterocycles. The molecule has 0 bridgehead atoms. The summed E-state index contributed by atoms with van der Waals surface area (Å²) in [6, 6.07) is 2.13. The summed E-state index contributed by atoms with van der Waals surface area (Å²) in [5.41, 5.74) is 7.91. The van der Waals surface area contributed by atoms with Gasteiger partial charge in [0.15, 0.2) is 0 Å². The Kier molecular flexibility index (Phi) is 2.96. The van der Waals surface area contributed by atoms with Gasteiger partial charge in [-0.3, -0.25) is 0 Å². The third kappa shape index (κ3) is 1.87. The number of hydrogen-bond donors (Lipinski definition) is 1. The van der Waals surface area contributed by atoms with Crippen LogP contribution in [0.5, 0.6) is 0 Å². The minimum Gasteiger partial charge on any atom is -0.330 e. The Labute approximate surface area is 91.4 Å². The second kappa shape index (κ2) is 4.21. The molecule has 2 nitrogen and oxygen atoms in total. The van der Waals surface area contributed by atoms with E-state index in [2.05, 4.69) is 28.7 Å². The molecule has 2 aromatic heterocycles. The average Bonchev–Trinajstić information content (AvgIpc) is 2.74. The molecule has 74 valence electrons. The summed E-state index contributed by atoms with van der Waals surface area (Å²) >= 11 is 3.46. The summed E-state index contributed by atoms with van der Waals surface area (Å²) in [7, 11) is 0. The van der Waals surface area contributed by atoms with E-state index in [9.17, 15) is 0 Å². The highest BCUT2D eigenvalue weighted by atomic mass is 32.1. The van der Waals surface area contributed by atoms with E-state index in [1.807, 2.05) is 0 Å². The zero-order valence-corrected chi connectivity index (χ0v) is 9.62. The smallest absolute Gasteiger partial charge is 0.133 e. The van der Waals surface area contributed by atoms with Crippen LogP contribution in [0.4, 0.5) is 0 Å². The van der Waals surface area contributed by atoms with Gasteiger partial charge >= 0.3 is 0 Å². The predicted molar refractivity (Wildman–Crippen MR) is 62.9 cm³/mol.